The summed E-state index contributed by atoms with van der Waals surface area (Å²) in [7, 11) is 3.03. The number of anilines is 1. The van der Waals surface area contributed by atoms with Crippen LogP contribution in [0.25, 0.3) is 6.08 Å². The zero-order chi connectivity index (χ0) is 26.4. The summed E-state index contributed by atoms with van der Waals surface area (Å²) < 4.78 is 16.4. The van der Waals surface area contributed by atoms with E-state index in [1.165, 1.54) is 13.2 Å². The summed E-state index contributed by atoms with van der Waals surface area (Å²) in [6.07, 6.45) is 1.53. The van der Waals surface area contributed by atoms with E-state index in [4.69, 9.17) is 25.8 Å². The van der Waals surface area contributed by atoms with Crippen LogP contribution in [0, 0.1) is 0 Å². The van der Waals surface area contributed by atoms with Crippen molar-refractivity contribution in [1.82, 2.24) is 4.90 Å². The number of carbonyl (C=O) groups excluding carboxylic acids is 3. The lowest BCUT2D eigenvalue weighted by molar-refractivity contribution is -0.127. The molecule has 1 aliphatic heterocycles. The summed E-state index contributed by atoms with van der Waals surface area (Å²) in [4.78, 5) is 38.9. The number of thioether (sulfide) groups is 1. The largest absolute Gasteiger partial charge is 0.497 e. The van der Waals surface area contributed by atoms with Crippen molar-refractivity contribution in [1.29, 1.82) is 0 Å². The molecular formula is C27H23ClN2O6S. The first-order chi connectivity index (χ1) is 17.9. The number of ether oxygens (including phenoxy) is 3. The summed E-state index contributed by atoms with van der Waals surface area (Å²) in [6.45, 7) is -0.113. The van der Waals surface area contributed by atoms with Crippen molar-refractivity contribution in [3.8, 4) is 17.2 Å². The SMILES string of the molecule is COc1ccc(NC(=O)CN2C(=O)S/C(=C\c3cc(Cl)c(OCc4ccccc4)c(OC)c3)C2=O)cc1. The number of nitrogens with zero attached hydrogens (tertiary/aromatic N) is 1. The van der Waals surface area contributed by atoms with Gasteiger partial charge in [-0.3, -0.25) is 19.3 Å². The molecule has 10 heteroatoms. The number of imide groups is 1. The van der Waals surface area contributed by atoms with Crippen LogP contribution in [0.4, 0.5) is 10.5 Å². The van der Waals surface area contributed by atoms with Gasteiger partial charge >= 0.3 is 0 Å². The number of amides is 3. The average Bonchev–Trinajstić information content (AvgIpc) is 3.16. The molecule has 37 heavy (non-hydrogen) atoms. The second kappa shape index (κ2) is 11.9. The van der Waals surface area contributed by atoms with Crippen LogP contribution in [0.5, 0.6) is 17.2 Å². The van der Waals surface area contributed by atoms with Gasteiger partial charge in [-0.1, -0.05) is 41.9 Å². The highest BCUT2D eigenvalue weighted by atomic mass is 35.5. The Hall–Kier alpha value is -3.95. The molecule has 0 unspecified atom stereocenters. The van der Waals surface area contributed by atoms with E-state index in [9.17, 15) is 14.4 Å². The maximum atomic E-state index is 12.9. The maximum Gasteiger partial charge on any atom is 0.294 e. The summed E-state index contributed by atoms with van der Waals surface area (Å²) in [6, 6.07) is 19.6. The Morgan fingerprint density at radius 3 is 2.43 bits per heavy atom. The predicted molar refractivity (Wildman–Crippen MR) is 143 cm³/mol. The average molecular weight is 539 g/mol. The fourth-order valence-electron chi connectivity index (χ4n) is 3.50. The molecule has 3 aromatic carbocycles. The lowest BCUT2D eigenvalue weighted by Gasteiger charge is -2.14. The van der Waals surface area contributed by atoms with Gasteiger partial charge in [0.25, 0.3) is 11.1 Å². The molecule has 0 aromatic heterocycles. The molecule has 0 aliphatic carbocycles. The number of rotatable bonds is 9. The van der Waals surface area contributed by atoms with Crippen LogP contribution in [0.3, 0.4) is 0 Å². The van der Waals surface area contributed by atoms with Gasteiger partial charge in [0, 0.05) is 5.69 Å². The monoisotopic (exact) mass is 538 g/mol. The molecule has 4 rings (SSSR count). The Morgan fingerprint density at radius 2 is 1.76 bits per heavy atom. The van der Waals surface area contributed by atoms with Gasteiger partial charge in [0.1, 0.15) is 18.9 Å². The van der Waals surface area contributed by atoms with Crippen molar-refractivity contribution in [2.45, 2.75) is 6.61 Å². The second-order valence-corrected chi connectivity index (χ2v) is 9.25. The number of carbonyl (C=O) groups is 3. The molecule has 1 aliphatic rings. The van der Waals surface area contributed by atoms with E-state index in [-0.39, 0.29) is 4.91 Å². The predicted octanol–water partition coefficient (Wildman–Crippen LogP) is 5.61. The van der Waals surface area contributed by atoms with E-state index in [2.05, 4.69) is 5.32 Å². The van der Waals surface area contributed by atoms with Crippen LogP contribution >= 0.6 is 23.4 Å². The molecule has 1 fully saturated rings. The normalized spacial score (nSPS) is 14.1. The quantitative estimate of drug-likeness (QED) is 0.354. The fraction of sp³-hybridized carbons (Fsp3) is 0.148. The zero-order valence-corrected chi connectivity index (χ0v) is 21.6. The Balaban J connectivity index is 1.45. The number of methoxy groups -OCH3 is 2. The van der Waals surface area contributed by atoms with Gasteiger partial charge in [0.15, 0.2) is 11.5 Å². The van der Waals surface area contributed by atoms with Gasteiger partial charge in [0.05, 0.1) is 24.1 Å². The van der Waals surface area contributed by atoms with E-state index >= 15 is 0 Å². The van der Waals surface area contributed by atoms with Crippen LogP contribution in [0.1, 0.15) is 11.1 Å². The number of benzene rings is 3. The fourth-order valence-corrected chi connectivity index (χ4v) is 4.61. The number of hydrogen-bond acceptors (Lipinski definition) is 7. The first-order valence-electron chi connectivity index (χ1n) is 11.1. The van der Waals surface area contributed by atoms with E-state index in [0.717, 1.165) is 22.2 Å². The van der Waals surface area contributed by atoms with Gasteiger partial charge in [-0.05, 0) is 65.4 Å². The smallest absolute Gasteiger partial charge is 0.294 e. The molecule has 0 spiro atoms. The van der Waals surface area contributed by atoms with E-state index in [1.807, 2.05) is 30.3 Å². The number of nitrogens with one attached hydrogen (secondary N) is 1. The topological polar surface area (TPSA) is 94.2 Å². The molecule has 8 nitrogen and oxygen atoms in total. The summed E-state index contributed by atoms with van der Waals surface area (Å²) >= 11 is 7.21. The van der Waals surface area contributed by atoms with Crippen LogP contribution in [-0.2, 0) is 16.2 Å². The molecule has 3 aromatic rings. The van der Waals surface area contributed by atoms with E-state index in [1.54, 1.807) is 43.5 Å². The zero-order valence-electron chi connectivity index (χ0n) is 20.0. The first kappa shape index (κ1) is 26.1. The minimum atomic E-state index is -0.570. The highest BCUT2D eigenvalue weighted by Crippen LogP contribution is 2.39. The van der Waals surface area contributed by atoms with Crippen molar-refractivity contribution in [2.75, 3.05) is 26.1 Å². The number of halogens is 1. The van der Waals surface area contributed by atoms with E-state index in [0.29, 0.717) is 40.1 Å². The van der Waals surface area contributed by atoms with Gasteiger partial charge < -0.3 is 19.5 Å². The summed E-state index contributed by atoms with van der Waals surface area (Å²) in [5, 5.41) is 2.41. The molecule has 0 radical (unpaired) electrons. The molecule has 0 saturated carbocycles. The van der Waals surface area contributed by atoms with Crippen molar-refractivity contribution in [3.63, 3.8) is 0 Å². The lowest BCUT2D eigenvalue weighted by Crippen LogP contribution is -2.36. The van der Waals surface area contributed by atoms with Gasteiger partial charge in [-0.25, -0.2) is 0 Å². The van der Waals surface area contributed by atoms with Gasteiger partial charge in [-0.2, -0.15) is 0 Å². The second-order valence-electron chi connectivity index (χ2n) is 7.85. The molecule has 1 heterocycles. The van der Waals surface area contributed by atoms with Gasteiger partial charge in [-0.15, -0.1) is 0 Å². The van der Waals surface area contributed by atoms with Crippen molar-refractivity contribution in [3.05, 3.63) is 87.8 Å². The summed E-state index contributed by atoms with van der Waals surface area (Å²) in [5.74, 6) is 0.320. The Labute approximate surface area is 223 Å². The van der Waals surface area contributed by atoms with Crippen LogP contribution < -0.4 is 19.5 Å². The van der Waals surface area contributed by atoms with Crippen LogP contribution in [0.15, 0.2) is 71.6 Å². The van der Waals surface area contributed by atoms with Crippen LogP contribution in [0.2, 0.25) is 5.02 Å². The third-order valence-corrected chi connectivity index (χ3v) is 6.51. The Kier molecular flexibility index (Phi) is 8.37. The third-order valence-electron chi connectivity index (χ3n) is 5.32. The molecule has 3 amide bonds. The van der Waals surface area contributed by atoms with Gasteiger partial charge in [0.2, 0.25) is 5.91 Å². The highest BCUT2D eigenvalue weighted by molar-refractivity contribution is 8.18. The van der Waals surface area contributed by atoms with Crippen molar-refractivity contribution >= 4 is 52.2 Å². The molecule has 1 saturated heterocycles. The van der Waals surface area contributed by atoms with Crippen molar-refractivity contribution in [2.24, 2.45) is 0 Å². The molecule has 1 N–H and O–H groups in total. The number of hydrogen-bond donors (Lipinski definition) is 1. The maximum absolute atomic E-state index is 12.9. The lowest BCUT2D eigenvalue weighted by atomic mass is 10.1. The van der Waals surface area contributed by atoms with Crippen molar-refractivity contribution < 1.29 is 28.6 Å². The van der Waals surface area contributed by atoms with E-state index < -0.39 is 23.6 Å². The molecule has 0 bridgehead atoms. The first-order valence-corrected chi connectivity index (χ1v) is 12.3. The standard InChI is InChI=1S/C27H23ClN2O6S/c1-34-20-10-8-19(9-11-20)29-24(31)15-30-26(32)23(37-27(30)33)14-18-12-21(28)25(22(13-18)35-2)36-16-17-6-4-3-5-7-17/h3-14H,15-16H2,1-2H3,(H,29,31)/b23-14-. The molecular weight excluding hydrogens is 516 g/mol. The summed E-state index contributed by atoms with van der Waals surface area (Å²) in [5.41, 5.74) is 2.03. The Morgan fingerprint density at radius 1 is 1.03 bits per heavy atom. The highest BCUT2D eigenvalue weighted by Gasteiger charge is 2.36. The van der Waals surface area contributed by atoms with Crippen LogP contribution in [-0.4, -0.2) is 42.7 Å². The minimum absolute atomic E-state index is 0.165. The minimum Gasteiger partial charge on any atom is -0.497 e. The Bertz CT molecular complexity index is 1350. The molecule has 190 valence electrons. The molecule has 0 atom stereocenters. The third kappa shape index (κ3) is 6.44.